The first-order chi connectivity index (χ1) is 9.99. The van der Waals surface area contributed by atoms with E-state index in [0.717, 1.165) is 31.2 Å². The van der Waals surface area contributed by atoms with Gasteiger partial charge in [0.25, 0.3) is 0 Å². The first-order valence-corrected chi connectivity index (χ1v) is 8.77. The number of aryl methyl sites for hydroxylation is 1. The Morgan fingerprint density at radius 3 is 2.67 bits per heavy atom. The van der Waals surface area contributed by atoms with Gasteiger partial charge in [0.2, 0.25) is 5.91 Å². The zero-order chi connectivity index (χ0) is 15.4. The normalized spacial score (nSPS) is 19.0. The molecule has 116 valence electrons. The molecule has 1 saturated carbocycles. The highest BCUT2D eigenvalue weighted by atomic mass is 32.2. The van der Waals surface area contributed by atoms with Crippen LogP contribution in [0, 0.1) is 6.92 Å². The molecule has 0 aliphatic heterocycles. The molecule has 2 atom stereocenters. The predicted molar refractivity (Wildman–Crippen MR) is 86.5 cm³/mol. The fraction of sp³-hybridized carbons (Fsp3) is 0.562. The van der Waals surface area contributed by atoms with Crippen molar-refractivity contribution < 1.29 is 9.00 Å². The van der Waals surface area contributed by atoms with Gasteiger partial charge in [0.15, 0.2) is 0 Å². The Bertz CT molecular complexity index is 539. The van der Waals surface area contributed by atoms with Crippen molar-refractivity contribution in [1.29, 1.82) is 0 Å². The second-order valence-electron chi connectivity index (χ2n) is 5.82. The van der Waals surface area contributed by atoms with E-state index < -0.39 is 16.0 Å². The summed E-state index contributed by atoms with van der Waals surface area (Å²) in [4.78, 5) is 12.8. The fourth-order valence-electron chi connectivity index (χ4n) is 2.67. The predicted octanol–water partition coefficient (Wildman–Crippen LogP) is 2.52. The molecule has 0 bridgehead atoms. The lowest BCUT2D eigenvalue weighted by Crippen LogP contribution is -2.42. The summed E-state index contributed by atoms with van der Waals surface area (Å²) in [7, 11) is -1.42. The van der Waals surface area contributed by atoms with Gasteiger partial charge in [-0.1, -0.05) is 25.3 Å². The number of carbonyl (C=O) groups is 1. The third kappa shape index (κ3) is 4.06. The van der Waals surface area contributed by atoms with Crippen LogP contribution in [0.2, 0.25) is 0 Å². The zero-order valence-electron chi connectivity index (χ0n) is 12.7. The Balaban J connectivity index is 2.04. The monoisotopic (exact) mass is 308 g/mol. The average molecular weight is 308 g/mol. The van der Waals surface area contributed by atoms with E-state index in [0.29, 0.717) is 10.6 Å². The number of nitrogens with one attached hydrogen (secondary N) is 1. The lowest BCUT2D eigenvalue weighted by molar-refractivity contribution is -0.121. The fourth-order valence-corrected chi connectivity index (χ4v) is 3.91. The molecule has 21 heavy (non-hydrogen) atoms. The van der Waals surface area contributed by atoms with Crippen LogP contribution in [0.25, 0.3) is 0 Å². The molecule has 3 N–H and O–H groups in total. The largest absolute Gasteiger partial charge is 0.398 e. The van der Waals surface area contributed by atoms with Gasteiger partial charge in [-0.25, -0.2) is 0 Å². The van der Waals surface area contributed by atoms with Gasteiger partial charge in [0.05, 0.1) is 15.7 Å². The van der Waals surface area contributed by atoms with Crippen LogP contribution < -0.4 is 11.1 Å². The van der Waals surface area contributed by atoms with Crippen molar-refractivity contribution >= 4 is 22.4 Å². The maximum atomic E-state index is 12.6. The van der Waals surface area contributed by atoms with Gasteiger partial charge in [-0.3, -0.25) is 9.00 Å². The van der Waals surface area contributed by atoms with Crippen molar-refractivity contribution in [2.24, 2.45) is 0 Å². The summed E-state index contributed by atoms with van der Waals surface area (Å²) in [5.74, 6) is -0.138. The molecule has 0 heterocycles. The van der Waals surface area contributed by atoms with E-state index in [1.165, 1.54) is 6.42 Å². The number of anilines is 1. The van der Waals surface area contributed by atoms with Crippen molar-refractivity contribution in [1.82, 2.24) is 5.32 Å². The number of amides is 1. The van der Waals surface area contributed by atoms with E-state index in [1.807, 2.05) is 13.0 Å². The van der Waals surface area contributed by atoms with Crippen molar-refractivity contribution in [3.63, 3.8) is 0 Å². The van der Waals surface area contributed by atoms with Crippen LogP contribution >= 0.6 is 0 Å². The van der Waals surface area contributed by atoms with Crippen molar-refractivity contribution in [3.05, 3.63) is 23.8 Å². The van der Waals surface area contributed by atoms with Crippen LogP contribution in [0.1, 0.15) is 44.6 Å². The summed E-state index contributed by atoms with van der Waals surface area (Å²) in [6.07, 6.45) is 5.61. The topological polar surface area (TPSA) is 72.2 Å². The van der Waals surface area contributed by atoms with Gasteiger partial charge in [-0.2, -0.15) is 0 Å². The number of carbonyl (C=O) groups excluding carboxylic acids is 1. The third-order valence-electron chi connectivity index (χ3n) is 4.03. The maximum absolute atomic E-state index is 12.6. The first kappa shape index (κ1) is 16.0. The number of nitrogen functional groups attached to an aromatic ring is 1. The highest BCUT2D eigenvalue weighted by Gasteiger charge is 2.25. The molecule has 1 aliphatic carbocycles. The Kier molecular flexibility index (Phi) is 5.39. The number of hydrogen-bond acceptors (Lipinski definition) is 3. The van der Waals surface area contributed by atoms with E-state index in [9.17, 15) is 9.00 Å². The number of benzene rings is 1. The van der Waals surface area contributed by atoms with Crippen LogP contribution in [-0.4, -0.2) is 21.4 Å². The molecular weight excluding hydrogens is 284 g/mol. The van der Waals surface area contributed by atoms with E-state index in [4.69, 9.17) is 5.73 Å². The molecule has 1 aromatic rings. The lowest BCUT2D eigenvalue weighted by atomic mass is 9.95. The Labute approximate surface area is 129 Å². The number of hydrogen-bond donors (Lipinski definition) is 2. The SMILES string of the molecule is Cc1ccc(N)c(S(=O)C(C)C(=O)NC2CCCCC2)c1. The summed E-state index contributed by atoms with van der Waals surface area (Å²) in [5.41, 5.74) is 7.36. The third-order valence-corrected chi connectivity index (χ3v) is 5.67. The summed E-state index contributed by atoms with van der Waals surface area (Å²) in [5, 5.41) is 2.44. The average Bonchev–Trinajstić information content (AvgIpc) is 2.49. The van der Waals surface area contributed by atoms with Crippen LogP contribution in [0.5, 0.6) is 0 Å². The Morgan fingerprint density at radius 1 is 1.33 bits per heavy atom. The maximum Gasteiger partial charge on any atom is 0.236 e. The number of rotatable bonds is 4. The molecular formula is C16H24N2O2S. The molecule has 1 amide bonds. The molecule has 0 saturated heterocycles. The van der Waals surface area contributed by atoms with Gasteiger partial charge >= 0.3 is 0 Å². The second kappa shape index (κ2) is 7.07. The molecule has 1 aromatic carbocycles. The molecule has 2 unspecified atom stereocenters. The Hall–Kier alpha value is -1.36. The minimum absolute atomic E-state index is 0.138. The standard InChI is InChI=1S/C16H24N2O2S/c1-11-8-9-14(17)15(10-11)21(20)12(2)16(19)18-13-6-4-3-5-7-13/h8-10,12-13H,3-7,17H2,1-2H3,(H,18,19). The highest BCUT2D eigenvalue weighted by molar-refractivity contribution is 7.86. The quantitative estimate of drug-likeness (QED) is 0.840. The minimum atomic E-state index is -1.42. The highest BCUT2D eigenvalue weighted by Crippen LogP contribution is 2.22. The summed E-state index contributed by atoms with van der Waals surface area (Å²) >= 11 is 0. The van der Waals surface area contributed by atoms with Crippen LogP contribution in [0.4, 0.5) is 5.69 Å². The van der Waals surface area contributed by atoms with Gasteiger partial charge in [-0.15, -0.1) is 0 Å². The number of nitrogens with two attached hydrogens (primary N) is 1. The molecule has 2 rings (SSSR count). The van der Waals surface area contributed by atoms with Gasteiger partial charge < -0.3 is 11.1 Å². The van der Waals surface area contributed by atoms with Crippen molar-refractivity contribution in [3.8, 4) is 0 Å². The van der Waals surface area contributed by atoms with Gasteiger partial charge in [-0.05, 0) is 44.4 Å². The molecule has 4 nitrogen and oxygen atoms in total. The first-order valence-electron chi connectivity index (χ1n) is 7.56. The van der Waals surface area contributed by atoms with Crippen LogP contribution in [0.3, 0.4) is 0 Å². The van der Waals surface area contributed by atoms with E-state index in [1.54, 1.807) is 19.1 Å². The molecule has 0 aromatic heterocycles. The molecule has 1 fully saturated rings. The summed E-state index contributed by atoms with van der Waals surface area (Å²) < 4.78 is 12.6. The molecule has 1 aliphatic rings. The van der Waals surface area contributed by atoms with E-state index >= 15 is 0 Å². The van der Waals surface area contributed by atoms with E-state index in [2.05, 4.69) is 5.32 Å². The van der Waals surface area contributed by atoms with Gasteiger partial charge in [0.1, 0.15) is 5.25 Å². The lowest BCUT2D eigenvalue weighted by Gasteiger charge is -2.24. The zero-order valence-corrected chi connectivity index (χ0v) is 13.5. The molecule has 5 heteroatoms. The smallest absolute Gasteiger partial charge is 0.236 e. The van der Waals surface area contributed by atoms with Crippen molar-refractivity contribution in [2.75, 3.05) is 5.73 Å². The van der Waals surface area contributed by atoms with E-state index in [-0.39, 0.29) is 11.9 Å². The van der Waals surface area contributed by atoms with Crippen LogP contribution in [0.15, 0.2) is 23.1 Å². The summed E-state index contributed by atoms with van der Waals surface area (Å²) in [6, 6.07) is 5.66. The molecule has 0 radical (unpaired) electrons. The van der Waals surface area contributed by atoms with Crippen molar-refractivity contribution in [2.45, 2.75) is 62.1 Å². The van der Waals surface area contributed by atoms with Crippen LogP contribution in [-0.2, 0) is 15.6 Å². The summed E-state index contributed by atoms with van der Waals surface area (Å²) in [6.45, 7) is 3.63. The Morgan fingerprint density at radius 2 is 2.00 bits per heavy atom. The molecule has 0 spiro atoms. The minimum Gasteiger partial charge on any atom is -0.398 e. The van der Waals surface area contributed by atoms with Gasteiger partial charge in [0, 0.05) is 11.7 Å². The second-order valence-corrected chi connectivity index (χ2v) is 7.57.